The van der Waals surface area contributed by atoms with Crippen LogP contribution < -0.4 is 9.62 Å². The second kappa shape index (κ2) is 8.04. The maximum Gasteiger partial charge on any atom is 0.240 e. The van der Waals surface area contributed by atoms with Crippen LogP contribution in [0.25, 0.3) is 0 Å². The molecule has 0 bridgehead atoms. The minimum Gasteiger partial charge on any atom is -0.310 e. The van der Waals surface area contributed by atoms with Gasteiger partial charge < -0.3 is 4.90 Å². The summed E-state index contributed by atoms with van der Waals surface area (Å²) in [5.74, 6) is -0.0321. The van der Waals surface area contributed by atoms with Crippen LogP contribution in [0.4, 0.5) is 5.69 Å². The third-order valence-electron chi connectivity index (χ3n) is 4.47. The summed E-state index contributed by atoms with van der Waals surface area (Å²) in [6, 6.07) is 13.0. The third kappa shape index (κ3) is 4.72. The SMILES string of the molecule is CC(=O)N1CC(C)Sc2cc(S(=O)(=O)NCCc3cccc(C)c3)ccc21. The molecular weight excluding hydrogens is 380 g/mol. The summed E-state index contributed by atoms with van der Waals surface area (Å²) in [5, 5.41) is 0.216. The highest BCUT2D eigenvalue weighted by molar-refractivity contribution is 8.00. The minimum atomic E-state index is -3.60. The van der Waals surface area contributed by atoms with E-state index in [1.54, 1.807) is 34.9 Å². The van der Waals surface area contributed by atoms with Gasteiger partial charge in [-0.15, -0.1) is 11.8 Å². The first-order chi connectivity index (χ1) is 12.8. The summed E-state index contributed by atoms with van der Waals surface area (Å²) >= 11 is 1.60. The van der Waals surface area contributed by atoms with E-state index in [-0.39, 0.29) is 16.1 Å². The van der Waals surface area contributed by atoms with E-state index in [0.717, 1.165) is 21.7 Å². The second-order valence-electron chi connectivity index (χ2n) is 6.82. The van der Waals surface area contributed by atoms with E-state index in [2.05, 4.69) is 10.8 Å². The quantitative estimate of drug-likeness (QED) is 0.830. The first-order valence-corrected chi connectivity index (χ1v) is 11.3. The van der Waals surface area contributed by atoms with Crippen molar-refractivity contribution in [2.45, 2.75) is 42.2 Å². The van der Waals surface area contributed by atoms with Gasteiger partial charge in [-0.3, -0.25) is 4.79 Å². The maximum absolute atomic E-state index is 12.7. The van der Waals surface area contributed by atoms with E-state index in [1.807, 2.05) is 32.0 Å². The zero-order valence-electron chi connectivity index (χ0n) is 15.7. The second-order valence-corrected chi connectivity index (χ2v) is 10.1. The zero-order valence-corrected chi connectivity index (χ0v) is 17.4. The highest BCUT2D eigenvalue weighted by Crippen LogP contribution is 2.39. The molecule has 144 valence electrons. The topological polar surface area (TPSA) is 66.5 Å². The molecule has 0 radical (unpaired) electrons. The van der Waals surface area contributed by atoms with E-state index in [9.17, 15) is 13.2 Å². The average molecular weight is 405 g/mol. The van der Waals surface area contributed by atoms with Crippen molar-refractivity contribution in [2.24, 2.45) is 0 Å². The number of hydrogen-bond acceptors (Lipinski definition) is 4. The first-order valence-electron chi connectivity index (χ1n) is 8.90. The van der Waals surface area contributed by atoms with Crippen molar-refractivity contribution in [2.75, 3.05) is 18.0 Å². The highest BCUT2D eigenvalue weighted by atomic mass is 32.2. The number of nitrogens with one attached hydrogen (secondary N) is 1. The fraction of sp³-hybridized carbons (Fsp3) is 0.350. The maximum atomic E-state index is 12.7. The molecule has 0 aromatic heterocycles. The predicted molar refractivity (Wildman–Crippen MR) is 110 cm³/mol. The monoisotopic (exact) mass is 404 g/mol. The van der Waals surface area contributed by atoms with Gasteiger partial charge in [0.1, 0.15) is 0 Å². The van der Waals surface area contributed by atoms with E-state index < -0.39 is 10.0 Å². The molecule has 1 aliphatic heterocycles. The van der Waals surface area contributed by atoms with Gasteiger partial charge in [-0.1, -0.05) is 36.8 Å². The molecule has 0 saturated carbocycles. The number of sulfonamides is 1. The van der Waals surface area contributed by atoms with Crippen LogP contribution in [0.15, 0.2) is 52.3 Å². The van der Waals surface area contributed by atoms with Crippen LogP contribution >= 0.6 is 11.8 Å². The van der Waals surface area contributed by atoms with Gasteiger partial charge in [-0.05, 0) is 37.1 Å². The Labute approximate surface area is 165 Å². The molecule has 1 unspecified atom stereocenters. The molecule has 1 atom stereocenters. The number of carbonyl (C=O) groups excluding carboxylic acids is 1. The molecule has 0 saturated heterocycles. The van der Waals surface area contributed by atoms with Crippen LogP contribution in [0.1, 0.15) is 25.0 Å². The van der Waals surface area contributed by atoms with Crippen molar-refractivity contribution in [3.8, 4) is 0 Å². The molecule has 5 nitrogen and oxygen atoms in total. The van der Waals surface area contributed by atoms with E-state index >= 15 is 0 Å². The molecular formula is C20H24N2O3S2. The number of fused-ring (bicyclic) bond motifs is 1. The Morgan fingerprint density at radius 2 is 2.04 bits per heavy atom. The van der Waals surface area contributed by atoms with Gasteiger partial charge in [0, 0.05) is 30.2 Å². The average Bonchev–Trinajstić information content (AvgIpc) is 2.60. The van der Waals surface area contributed by atoms with Gasteiger partial charge in [0.25, 0.3) is 0 Å². The molecule has 1 aliphatic rings. The van der Waals surface area contributed by atoms with Crippen LogP contribution in [0.5, 0.6) is 0 Å². The normalized spacial score (nSPS) is 16.9. The smallest absolute Gasteiger partial charge is 0.240 e. The largest absolute Gasteiger partial charge is 0.310 e. The van der Waals surface area contributed by atoms with Crippen LogP contribution in [0.3, 0.4) is 0 Å². The van der Waals surface area contributed by atoms with Gasteiger partial charge in [0.05, 0.1) is 10.6 Å². The molecule has 7 heteroatoms. The summed E-state index contributed by atoms with van der Waals surface area (Å²) in [4.78, 5) is 14.6. The lowest BCUT2D eigenvalue weighted by Gasteiger charge is -2.32. The van der Waals surface area contributed by atoms with Crippen LogP contribution in [0.2, 0.25) is 0 Å². The molecule has 3 rings (SSSR count). The lowest BCUT2D eigenvalue weighted by Crippen LogP contribution is -2.37. The van der Waals surface area contributed by atoms with Crippen molar-refractivity contribution >= 4 is 33.4 Å². The fourth-order valence-corrected chi connectivity index (χ4v) is 5.45. The minimum absolute atomic E-state index is 0.0321. The number of nitrogens with zero attached hydrogens (tertiary/aromatic N) is 1. The Morgan fingerprint density at radius 3 is 2.74 bits per heavy atom. The molecule has 0 spiro atoms. The summed E-state index contributed by atoms with van der Waals surface area (Å²) in [6.07, 6.45) is 0.635. The summed E-state index contributed by atoms with van der Waals surface area (Å²) in [7, 11) is -3.60. The zero-order chi connectivity index (χ0) is 19.6. The van der Waals surface area contributed by atoms with Gasteiger partial charge in [0.15, 0.2) is 0 Å². The number of anilines is 1. The molecule has 2 aromatic rings. The molecule has 0 aliphatic carbocycles. The van der Waals surface area contributed by atoms with Crippen LogP contribution in [-0.2, 0) is 21.2 Å². The van der Waals surface area contributed by atoms with Crippen molar-refractivity contribution in [1.82, 2.24) is 4.72 Å². The van der Waals surface area contributed by atoms with Crippen LogP contribution in [-0.4, -0.2) is 32.7 Å². The number of rotatable bonds is 5. The fourth-order valence-electron chi connectivity index (χ4n) is 3.17. The molecule has 1 amide bonds. The number of thioether (sulfide) groups is 1. The first kappa shape index (κ1) is 19.9. The number of aryl methyl sites for hydroxylation is 1. The summed E-state index contributed by atoms with van der Waals surface area (Å²) in [6.45, 7) is 6.55. The highest BCUT2D eigenvalue weighted by Gasteiger charge is 2.26. The summed E-state index contributed by atoms with van der Waals surface area (Å²) < 4.78 is 28.0. The number of hydrogen-bond donors (Lipinski definition) is 1. The summed E-state index contributed by atoms with van der Waals surface area (Å²) in [5.41, 5.74) is 3.04. The molecule has 2 aromatic carbocycles. The molecule has 1 N–H and O–H groups in total. The third-order valence-corrected chi connectivity index (χ3v) is 7.06. The van der Waals surface area contributed by atoms with Gasteiger partial charge in [0.2, 0.25) is 15.9 Å². The lowest BCUT2D eigenvalue weighted by molar-refractivity contribution is -0.116. The Kier molecular flexibility index (Phi) is 5.93. The standard InChI is InChI=1S/C20H24N2O3S2/c1-14-5-4-6-17(11-14)9-10-21-27(24,25)18-7-8-19-20(12-18)26-15(2)13-22(19)16(3)23/h4-8,11-12,15,21H,9-10,13H2,1-3H3. The van der Waals surface area contributed by atoms with Gasteiger partial charge in [-0.2, -0.15) is 0 Å². The van der Waals surface area contributed by atoms with Crippen molar-refractivity contribution < 1.29 is 13.2 Å². The van der Waals surface area contributed by atoms with E-state index in [1.165, 1.54) is 6.92 Å². The van der Waals surface area contributed by atoms with Crippen molar-refractivity contribution in [3.05, 3.63) is 53.6 Å². The molecule has 27 heavy (non-hydrogen) atoms. The van der Waals surface area contributed by atoms with Crippen LogP contribution in [0, 0.1) is 6.92 Å². The number of amides is 1. The van der Waals surface area contributed by atoms with Crippen molar-refractivity contribution in [1.29, 1.82) is 0 Å². The van der Waals surface area contributed by atoms with Gasteiger partial charge in [-0.25, -0.2) is 13.1 Å². The lowest BCUT2D eigenvalue weighted by atomic mass is 10.1. The Morgan fingerprint density at radius 1 is 1.26 bits per heavy atom. The number of carbonyl (C=O) groups is 1. The van der Waals surface area contributed by atoms with Gasteiger partial charge >= 0.3 is 0 Å². The Bertz CT molecular complexity index is 957. The Balaban J connectivity index is 1.75. The molecule has 0 fully saturated rings. The number of benzene rings is 2. The van der Waals surface area contributed by atoms with E-state index in [0.29, 0.717) is 19.5 Å². The molecule has 1 heterocycles. The predicted octanol–water partition coefficient (Wildman–Crippen LogP) is 3.36. The van der Waals surface area contributed by atoms with Crippen molar-refractivity contribution in [3.63, 3.8) is 0 Å². The Hall–Kier alpha value is -1.83. The van der Waals surface area contributed by atoms with E-state index in [4.69, 9.17) is 0 Å².